The summed E-state index contributed by atoms with van der Waals surface area (Å²) in [6.07, 6.45) is -3.48. The first-order chi connectivity index (χ1) is 8.84. The zero-order valence-corrected chi connectivity index (χ0v) is 11.9. The smallest absolute Gasteiger partial charge is 0.384 e. The van der Waals surface area contributed by atoms with Crippen LogP contribution < -0.4 is 10.6 Å². The summed E-state index contributed by atoms with van der Waals surface area (Å²) >= 11 is 3.18. The summed E-state index contributed by atoms with van der Waals surface area (Å²) in [5.41, 5.74) is -0.337. The minimum absolute atomic E-state index is 0.0927. The molecule has 0 unspecified atom stereocenters. The summed E-state index contributed by atoms with van der Waals surface area (Å²) in [7, 11) is 1.54. The van der Waals surface area contributed by atoms with Crippen molar-refractivity contribution in [3.05, 3.63) is 28.2 Å². The van der Waals surface area contributed by atoms with Gasteiger partial charge in [-0.2, -0.15) is 13.2 Å². The van der Waals surface area contributed by atoms with E-state index in [0.717, 1.165) is 12.1 Å². The van der Waals surface area contributed by atoms with Crippen molar-refractivity contribution in [3.8, 4) is 0 Å². The number of rotatable bonds is 5. The molecular formula is C12H14BrF3N2O. The van der Waals surface area contributed by atoms with Crippen molar-refractivity contribution in [2.45, 2.75) is 19.0 Å². The summed E-state index contributed by atoms with van der Waals surface area (Å²) in [4.78, 5) is 11.0. The molecule has 0 saturated heterocycles. The highest BCUT2D eigenvalue weighted by molar-refractivity contribution is 9.10. The number of carbonyl (C=O) groups excluding carboxylic acids is 1. The highest BCUT2D eigenvalue weighted by Crippen LogP contribution is 2.33. The third kappa shape index (κ3) is 5.10. The van der Waals surface area contributed by atoms with Crippen molar-refractivity contribution in [1.82, 2.24) is 5.32 Å². The Balaban J connectivity index is 2.60. The molecule has 2 N–H and O–H groups in total. The van der Waals surface area contributed by atoms with Gasteiger partial charge in [-0.25, -0.2) is 0 Å². The minimum Gasteiger partial charge on any atom is -0.384 e. The lowest BCUT2D eigenvalue weighted by atomic mass is 10.2. The Hall–Kier alpha value is -1.24. The molecule has 0 aliphatic carbocycles. The Morgan fingerprint density at radius 3 is 2.63 bits per heavy atom. The van der Waals surface area contributed by atoms with Gasteiger partial charge in [0.05, 0.1) is 5.56 Å². The molecule has 0 bridgehead atoms. The second-order valence-corrected chi connectivity index (χ2v) is 4.75. The maximum atomic E-state index is 12.5. The molecule has 0 atom stereocenters. The molecule has 106 valence electrons. The van der Waals surface area contributed by atoms with Crippen LogP contribution >= 0.6 is 15.9 Å². The Bertz CT molecular complexity index is 449. The van der Waals surface area contributed by atoms with Crippen molar-refractivity contribution in [1.29, 1.82) is 0 Å². The topological polar surface area (TPSA) is 41.1 Å². The molecule has 1 aromatic carbocycles. The molecule has 0 aromatic heterocycles. The molecule has 0 fully saturated rings. The molecule has 19 heavy (non-hydrogen) atoms. The largest absolute Gasteiger partial charge is 0.416 e. The van der Waals surface area contributed by atoms with Crippen LogP contribution in [0.25, 0.3) is 0 Å². The van der Waals surface area contributed by atoms with E-state index in [2.05, 4.69) is 26.6 Å². The average molecular weight is 339 g/mol. The molecule has 7 heteroatoms. The van der Waals surface area contributed by atoms with E-state index in [1.54, 1.807) is 7.05 Å². The van der Waals surface area contributed by atoms with E-state index in [0.29, 0.717) is 29.5 Å². The predicted molar refractivity (Wildman–Crippen MR) is 70.9 cm³/mol. The van der Waals surface area contributed by atoms with Gasteiger partial charge in [-0.05, 0) is 40.5 Å². The van der Waals surface area contributed by atoms with Crippen LogP contribution in [0.1, 0.15) is 18.4 Å². The van der Waals surface area contributed by atoms with Crippen LogP contribution in [0.3, 0.4) is 0 Å². The first-order valence-electron chi connectivity index (χ1n) is 5.66. The van der Waals surface area contributed by atoms with Crippen molar-refractivity contribution < 1.29 is 18.0 Å². The zero-order valence-electron chi connectivity index (χ0n) is 10.3. The van der Waals surface area contributed by atoms with Crippen LogP contribution in [0.15, 0.2) is 22.7 Å². The first kappa shape index (κ1) is 15.8. The van der Waals surface area contributed by atoms with Gasteiger partial charge < -0.3 is 10.6 Å². The van der Waals surface area contributed by atoms with Gasteiger partial charge in [-0.1, -0.05) is 0 Å². The van der Waals surface area contributed by atoms with Gasteiger partial charge >= 0.3 is 6.18 Å². The molecular weight excluding hydrogens is 325 g/mol. The van der Waals surface area contributed by atoms with Gasteiger partial charge in [-0.15, -0.1) is 0 Å². The van der Waals surface area contributed by atoms with Crippen molar-refractivity contribution >= 4 is 27.5 Å². The van der Waals surface area contributed by atoms with E-state index in [-0.39, 0.29) is 5.91 Å². The summed E-state index contributed by atoms with van der Waals surface area (Å²) in [6, 6.07) is 3.41. The summed E-state index contributed by atoms with van der Waals surface area (Å²) < 4.78 is 38.2. The minimum atomic E-state index is -4.36. The lowest BCUT2D eigenvalue weighted by Gasteiger charge is -2.12. The number of amides is 1. The second kappa shape index (κ2) is 6.79. The molecule has 1 aromatic rings. The van der Waals surface area contributed by atoms with Gasteiger partial charge in [-0.3, -0.25) is 4.79 Å². The van der Waals surface area contributed by atoms with Crippen LogP contribution in [0.2, 0.25) is 0 Å². The Labute approximate surface area is 117 Å². The van der Waals surface area contributed by atoms with E-state index in [4.69, 9.17) is 0 Å². The van der Waals surface area contributed by atoms with Gasteiger partial charge in [0.2, 0.25) is 5.91 Å². The normalized spacial score (nSPS) is 11.2. The Morgan fingerprint density at radius 1 is 1.37 bits per heavy atom. The lowest BCUT2D eigenvalue weighted by Crippen LogP contribution is -2.18. The first-order valence-corrected chi connectivity index (χ1v) is 6.45. The van der Waals surface area contributed by atoms with E-state index >= 15 is 0 Å². The fraction of sp³-hybridized carbons (Fsp3) is 0.417. The molecule has 1 amide bonds. The van der Waals surface area contributed by atoms with Crippen LogP contribution in [0.4, 0.5) is 18.9 Å². The van der Waals surface area contributed by atoms with Gasteiger partial charge in [0.25, 0.3) is 0 Å². The predicted octanol–water partition coefficient (Wildman–Crippen LogP) is 3.41. The number of nitrogens with one attached hydrogen (secondary N) is 2. The van der Waals surface area contributed by atoms with Crippen LogP contribution in [-0.4, -0.2) is 19.5 Å². The number of hydrogen-bond donors (Lipinski definition) is 2. The lowest BCUT2D eigenvalue weighted by molar-refractivity contribution is -0.137. The second-order valence-electron chi connectivity index (χ2n) is 3.90. The molecule has 0 spiro atoms. The van der Waals surface area contributed by atoms with Crippen LogP contribution in [0, 0.1) is 0 Å². The summed E-state index contributed by atoms with van der Waals surface area (Å²) in [6.45, 7) is 0.424. The number of alkyl halides is 3. The van der Waals surface area contributed by atoms with E-state index in [1.807, 2.05) is 0 Å². The zero-order chi connectivity index (χ0) is 14.5. The van der Waals surface area contributed by atoms with Crippen molar-refractivity contribution in [2.75, 3.05) is 18.9 Å². The van der Waals surface area contributed by atoms with Gasteiger partial charge in [0.1, 0.15) is 0 Å². The van der Waals surface area contributed by atoms with Crippen molar-refractivity contribution in [2.24, 2.45) is 0 Å². The van der Waals surface area contributed by atoms with E-state index in [1.165, 1.54) is 6.07 Å². The molecule has 0 aliphatic heterocycles. The van der Waals surface area contributed by atoms with Crippen LogP contribution in [-0.2, 0) is 11.0 Å². The SMILES string of the molecule is CNC(=O)CCCNc1cc(C(F)(F)F)ccc1Br. The number of hydrogen-bond acceptors (Lipinski definition) is 2. The maximum absolute atomic E-state index is 12.5. The molecule has 0 aliphatic rings. The molecule has 3 nitrogen and oxygen atoms in total. The maximum Gasteiger partial charge on any atom is 0.416 e. The molecule has 0 radical (unpaired) electrons. The highest BCUT2D eigenvalue weighted by Gasteiger charge is 2.30. The fourth-order valence-electron chi connectivity index (χ4n) is 1.43. The molecule has 0 heterocycles. The average Bonchev–Trinajstić information content (AvgIpc) is 2.34. The molecule has 1 rings (SSSR count). The Kier molecular flexibility index (Phi) is 5.65. The summed E-state index contributed by atoms with van der Waals surface area (Å²) in [5, 5.41) is 5.36. The number of halogens is 4. The fourth-order valence-corrected chi connectivity index (χ4v) is 1.82. The monoisotopic (exact) mass is 338 g/mol. The molecule has 0 saturated carbocycles. The number of benzene rings is 1. The van der Waals surface area contributed by atoms with E-state index < -0.39 is 11.7 Å². The quantitative estimate of drug-likeness (QED) is 0.808. The summed E-state index contributed by atoms with van der Waals surface area (Å²) in [5.74, 6) is -0.0927. The standard InChI is InChI=1S/C12H14BrF3N2O/c1-17-11(19)3-2-6-18-10-7-8(12(14,15)16)4-5-9(10)13/h4-5,7,18H,2-3,6H2,1H3,(H,17,19). The van der Waals surface area contributed by atoms with Crippen LogP contribution in [0.5, 0.6) is 0 Å². The number of carbonyl (C=O) groups is 1. The highest BCUT2D eigenvalue weighted by atomic mass is 79.9. The van der Waals surface area contributed by atoms with E-state index in [9.17, 15) is 18.0 Å². The van der Waals surface area contributed by atoms with Gasteiger partial charge in [0.15, 0.2) is 0 Å². The number of anilines is 1. The van der Waals surface area contributed by atoms with Crippen molar-refractivity contribution in [3.63, 3.8) is 0 Å². The van der Waals surface area contributed by atoms with Gasteiger partial charge in [0, 0.05) is 30.2 Å². The third-order valence-electron chi connectivity index (χ3n) is 2.47. The third-order valence-corrected chi connectivity index (χ3v) is 3.16. The Morgan fingerprint density at radius 2 is 2.05 bits per heavy atom.